The van der Waals surface area contributed by atoms with Crippen LogP contribution in [0.15, 0.2) is 58.7 Å². The van der Waals surface area contributed by atoms with Crippen molar-refractivity contribution in [3.05, 3.63) is 75.9 Å². The molecule has 0 saturated carbocycles. The Hall–Kier alpha value is -3.64. The average Bonchev–Trinajstić information content (AvgIpc) is 2.80. The van der Waals surface area contributed by atoms with Gasteiger partial charge in [-0.2, -0.15) is 15.2 Å². The molecule has 2 unspecified atom stereocenters. The number of hydrogen-bond donors (Lipinski definition) is 3. The number of amides is 1. The number of halogens is 1. The Balaban J connectivity index is 2.21. The number of benzene rings is 2. The summed E-state index contributed by atoms with van der Waals surface area (Å²) in [5.41, 5.74) is 1.24. The molecule has 1 amide bonds. The summed E-state index contributed by atoms with van der Waals surface area (Å²) in [4.78, 5) is 28.3. The number of carbonyl (C=O) groups is 1. The summed E-state index contributed by atoms with van der Waals surface area (Å²) in [6.07, 6.45) is -0.217. The van der Waals surface area contributed by atoms with Crippen LogP contribution in [0.25, 0.3) is 0 Å². The van der Waals surface area contributed by atoms with Crippen LogP contribution in [0, 0.1) is 28.0 Å². The Kier molecular flexibility index (Phi) is 9.44. The van der Waals surface area contributed by atoms with Crippen molar-refractivity contribution >= 4 is 11.9 Å². The molecule has 9 heteroatoms. The molecule has 0 aliphatic rings. The van der Waals surface area contributed by atoms with Gasteiger partial charge in [0, 0.05) is 18.5 Å². The second-order valence-corrected chi connectivity index (χ2v) is 7.63. The third-order valence-corrected chi connectivity index (χ3v) is 4.63. The predicted molar refractivity (Wildman–Crippen MR) is 121 cm³/mol. The second kappa shape index (κ2) is 12.3. The molecule has 0 bridgehead atoms. The van der Waals surface area contributed by atoms with Gasteiger partial charge in [-0.05, 0) is 48.9 Å². The first-order valence-electron chi connectivity index (χ1n) is 10.2. The van der Waals surface area contributed by atoms with E-state index in [0.717, 1.165) is 0 Å². The fourth-order valence-electron chi connectivity index (χ4n) is 2.87. The minimum Gasteiger partial charge on any atom is -0.356 e. The average molecular weight is 439 g/mol. The van der Waals surface area contributed by atoms with Gasteiger partial charge in [0.15, 0.2) is 0 Å². The monoisotopic (exact) mass is 438 g/mol. The Morgan fingerprint density at radius 2 is 1.91 bits per heavy atom. The smallest absolute Gasteiger partial charge is 0.280 e. The molecule has 0 saturated heterocycles. The van der Waals surface area contributed by atoms with Crippen molar-refractivity contribution in [2.24, 2.45) is 16.1 Å². The van der Waals surface area contributed by atoms with Gasteiger partial charge in [0.1, 0.15) is 11.9 Å². The number of aliphatic imine (C=N–C) groups is 1. The Morgan fingerprint density at radius 1 is 1.19 bits per heavy atom. The van der Waals surface area contributed by atoms with Crippen LogP contribution in [0.1, 0.15) is 47.8 Å². The maximum atomic E-state index is 13.2. The lowest BCUT2D eigenvalue weighted by molar-refractivity contribution is 0.100. The fraction of sp³-hybridized carbons (Fsp3) is 0.348. The van der Waals surface area contributed by atoms with Crippen LogP contribution in [0.2, 0.25) is 0 Å². The SMILES string of the molecule is CNC(CC(N=O)c1ccc(F)cc1)N/C(=N\C(=O)c1cccc(C#N)c1)NCC(C)C. The second-order valence-electron chi connectivity index (χ2n) is 7.63. The normalized spacial score (nSPS) is 13.2. The van der Waals surface area contributed by atoms with Crippen molar-refractivity contribution in [1.29, 1.82) is 5.26 Å². The van der Waals surface area contributed by atoms with Gasteiger partial charge in [0.25, 0.3) is 5.91 Å². The fourth-order valence-corrected chi connectivity index (χ4v) is 2.87. The van der Waals surface area contributed by atoms with Crippen LogP contribution in [0.5, 0.6) is 0 Å². The lowest BCUT2D eigenvalue weighted by Crippen LogP contribution is -2.50. The third kappa shape index (κ3) is 7.56. The van der Waals surface area contributed by atoms with Crippen molar-refractivity contribution in [2.45, 2.75) is 32.5 Å². The van der Waals surface area contributed by atoms with Gasteiger partial charge >= 0.3 is 0 Å². The number of carbonyl (C=O) groups excluding carboxylic acids is 1. The minimum absolute atomic E-state index is 0.231. The highest BCUT2D eigenvalue weighted by Gasteiger charge is 2.20. The number of nitrogens with one attached hydrogen (secondary N) is 3. The predicted octanol–water partition coefficient (Wildman–Crippen LogP) is 3.47. The van der Waals surface area contributed by atoms with Crippen molar-refractivity contribution in [1.82, 2.24) is 16.0 Å². The van der Waals surface area contributed by atoms with Crippen LogP contribution in [0.4, 0.5) is 4.39 Å². The van der Waals surface area contributed by atoms with E-state index in [4.69, 9.17) is 5.26 Å². The molecule has 0 aliphatic carbocycles. The summed E-state index contributed by atoms with van der Waals surface area (Å²) in [5.74, 6) is -0.392. The van der Waals surface area contributed by atoms with Crippen molar-refractivity contribution in [3.63, 3.8) is 0 Å². The maximum absolute atomic E-state index is 13.2. The van der Waals surface area contributed by atoms with Crippen LogP contribution in [0.3, 0.4) is 0 Å². The molecule has 0 spiro atoms. The van der Waals surface area contributed by atoms with Gasteiger partial charge in [0.05, 0.1) is 17.8 Å². The molecule has 8 nitrogen and oxygen atoms in total. The van der Waals surface area contributed by atoms with Crippen molar-refractivity contribution in [2.75, 3.05) is 13.6 Å². The summed E-state index contributed by atoms with van der Waals surface area (Å²) < 4.78 is 13.2. The summed E-state index contributed by atoms with van der Waals surface area (Å²) in [7, 11) is 1.70. The molecule has 0 radical (unpaired) electrons. The first-order valence-corrected chi connectivity index (χ1v) is 10.2. The van der Waals surface area contributed by atoms with E-state index in [0.29, 0.717) is 17.7 Å². The lowest BCUT2D eigenvalue weighted by atomic mass is 10.0. The van der Waals surface area contributed by atoms with Gasteiger partial charge in [-0.25, -0.2) is 4.39 Å². The van der Waals surface area contributed by atoms with E-state index < -0.39 is 23.9 Å². The third-order valence-electron chi connectivity index (χ3n) is 4.63. The molecular formula is C23H27FN6O2. The summed E-state index contributed by atoms with van der Waals surface area (Å²) >= 11 is 0. The van der Waals surface area contributed by atoms with Gasteiger partial charge in [-0.15, -0.1) is 0 Å². The molecule has 0 fully saturated rings. The topological polar surface area (TPSA) is 119 Å². The zero-order chi connectivity index (χ0) is 23.5. The van der Waals surface area contributed by atoms with E-state index in [-0.39, 0.29) is 23.9 Å². The Morgan fingerprint density at radius 3 is 2.50 bits per heavy atom. The quantitative estimate of drug-likeness (QED) is 0.239. The van der Waals surface area contributed by atoms with Crippen LogP contribution in [-0.4, -0.2) is 31.6 Å². The maximum Gasteiger partial charge on any atom is 0.280 e. The van der Waals surface area contributed by atoms with Gasteiger partial charge in [-0.3, -0.25) is 4.79 Å². The van der Waals surface area contributed by atoms with Crippen LogP contribution >= 0.6 is 0 Å². The zero-order valence-corrected chi connectivity index (χ0v) is 18.3. The van der Waals surface area contributed by atoms with E-state index in [1.54, 1.807) is 25.2 Å². The zero-order valence-electron chi connectivity index (χ0n) is 18.3. The highest BCUT2D eigenvalue weighted by molar-refractivity contribution is 6.02. The molecule has 3 N–H and O–H groups in total. The standard InChI is InChI=1S/C23H27FN6O2/c1-15(2)14-27-23(29-22(31)18-6-4-5-16(11-18)13-25)28-21(26-3)12-20(30-32)17-7-9-19(24)10-8-17/h4-11,15,20-21,26H,12,14H2,1-3H3,(H2,27,28,29,31). The van der Waals surface area contributed by atoms with E-state index in [1.165, 1.54) is 30.3 Å². The van der Waals surface area contributed by atoms with E-state index in [2.05, 4.69) is 26.1 Å². The molecule has 2 rings (SSSR count). The summed E-state index contributed by atoms with van der Waals surface area (Å²) in [6, 6.07) is 13.2. The van der Waals surface area contributed by atoms with Crippen molar-refractivity contribution < 1.29 is 9.18 Å². The molecule has 2 aromatic carbocycles. The molecule has 168 valence electrons. The molecule has 0 aromatic heterocycles. The first-order chi connectivity index (χ1) is 15.4. The highest BCUT2D eigenvalue weighted by Crippen LogP contribution is 2.22. The molecular weight excluding hydrogens is 411 g/mol. The highest BCUT2D eigenvalue weighted by atomic mass is 19.1. The van der Waals surface area contributed by atoms with Crippen molar-refractivity contribution in [3.8, 4) is 6.07 Å². The molecule has 2 aromatic rings. The minimum atomic E-state index is -0.727. The van der Waals surface area contributed by atoms with E-state index >= 15 is 0 Å². The summed E-state index contributed by atoms with van der Waals surface area (Å²) in [6.45, 7) is 4.58. The first kappa shape index (κ1) is 24.6. The molecule has 32 heavy (non-hydrogen) atoms. The number of guanidine groups is 1. The molecule has 2 atom stereocenters. The number of nitriles is 1. The number of hydrogen-bond acceptors (Lipinski definition) is 5. The Bertz CT molecular complexity index is 985. The van der Waals surface area contributed by atoms with E-state index in [1.807, 2.05) is 19.9 Å². The molecule has 0 aliphatic heterocycles. The summed E-state index contributed by atoms with van der Waals surface area (Å²) in [5, 5.41) is 21.5. The van der Waals surface area contributed by atoms with Gasteiger partial charge in [-0.1, -0.05) is 37.2 Å². The van der Waals surface area contributed by atoms with Gasteiger partial charge < -0.3 is 16.0 Å². The number of rotatable bonds is 9. The van der Waals surface area contributed by atoms with Crippen LogP contribution in [-0.2, 0) is 0 Å². The number of nitroso groups, excluding NO2 is 1. The molecule has 0 heterocycles. The number of nitrogens with zero attached hydrogens (tertiary/aromatic N) is 3. The van der Waals surface area contributed by atoms with Gasteiger partial charge in [0.2, 0.25) is 5.96 Å². The van der Waals surface area contributed by atoms with E-state index in [9.17, 15) is 14.1 Å². The lowest BCUT2D eigenvalue weighted by Gasteiger charge is -2.23. The Labute approximate surface area is 186 Å². The van der Waals surface area contributed by atoms with Crippen LogP contribution < -0.4 is 16.0 Å². The largest absolute Gasteiger partial charge is 0.356 e.